The number of aryl methyl sites for hydroxylation is 2. The molecule has 1 N–H and O–H groups in total. The summed E-state index contributed by atoms with van der Waals surface area (Å²) < 4.78 is 0. The van der Waals surface area contributed by atoms with Crippen molar-refractivity contribution < 1.29 is 0 Å². The third-order valence-corrected chi connectivity index (χ3v) is 2.40. The predicted molar refractivity (Wildman–Crippen MR) is 71.9 cm³/mol. The van der Waals surface area contributed by atoms with Gasteiger partial charge >= 0.3 is 0 Å². The summed E-state index contributed by atoms with van der Waals surface area (Å²) in [5.41, 5.74) is 3.87. The molecule has 0 aliphatic carbocycles. The quantitative estimate of drug-likeness (QED) is 0.754. The number of rotatable bonds is 1. The predicted octanol–water partition coefficient (Wildman–Crippen LogP) is 4.03. The third kappa shape index (κ3) is 3.77. The van der Waals surface area contributed by atoms with E-state index in [4.69, 9.17) is 0 Å². The fourth-order valence-corrected chi connectivity index (χ4v) is 1.59. The first-order chi connectivity index (χ1) is 7.75. The molecule has 0 unspecified atom stereocenters. The van der Waals surface area contributed by atoms with Crippen LogP contribution in [-0.2, 0) is 0 Å². The van der Waals surface area contributed by atoms with Crippen molar-refractivity contribution in [2.24, 2.45) is 0 Å². The van der Waals surface area contributed by atoms with Crippen molar-refractivity contribution in [2.45, 2.75) is 13.8 Å². The van der Waals surface area contributed by atoms with E-state index in [9.17, 15) is 0 Å². The van der Waals surface area contributed by atoms with Gasteiger partial charge in [0, 0.05) is 12.7 Å². The van der Waals surface area contributed by atoms with Crippen LogP contribution in [0.2, 0.25) is 0 Å². The van der Waals surface area contributed by atoms with Gasteiger partial charge in [-0.25, -0.2) is 0 Å². The number of hydrogen-bond acceptors (Lipinski definition) is 1. The smallest absolute Gasteiger partial charge is 0.0396 e. The lowest BCUT2D eigenvalue weighted by molar-refractivity contribution is 1.34. The second kappa shape index (κ2) is 6.67. The van der Waals surface area contributed by atoms with E-state index < -0.39 is 0 Å². The van der Waals surface area contributed by atoms with Crippen molar-refractivity contribution in [3.05, 3.63) is 65.7 Å². The first-order valence-electron chi connectivity index (χ1n) is 5.49. The standard InChI is InChI=1S/C9H13N.C6H6/c1-7-5-4-6-8(2)9(7)10-3;1-2-4-6-5-3-1/h4-6,10H,1-3H3;1-6H. The second-order valence-corrected chi connectivity index (χ2v) is 3.67. The van der Waals surface area contributed by atoms with E-state index in [0.29, 0.717) is 0 Å². The number of para-hydroxylation sites is 1. The first kappa shape index (κ1) is 12.3. The summed E-state index contributed by atoms with van der Waals surface area (Å²) in [5.74, 6) is 0. The summed E-state index contributed by atoms with van der Waals surface area (Å²) in [6, 6.07) is 18.3. The van der Waals surface area contributed by atoms with E-state index in [1.807, 2.05) is 43.4 Å². The average Bonchev–Trinajstić information content (AvgIpc) is 2.32. The van der Waals surface area contributed by atoms with Crippen LogP contribution in [0.1, 0.15) is 11.1 Å². The third-order valence-electron chi connectivity index (χ3n) is 2.40. The van der Waals surface area contributed by atoms with Gasteiger partial charge in [-0.05, 0) is 25.0 Å². The van der Waals surface area contributed by atoms with Gasteiger partial charge in [0.05, 0.1) is 0 Å². The molecule has 0 aliphatic rings. The Hall–Kier alpha value is -1.76. The highest BCUT2D eigenvalue weighted by Crippen LogP contribution is 2.17. The molecule has 0 amide bonds. The van der Waals surface area contributed by atoms with Crippen LogP contribution in [0.3, 0.4) is 0 Å². The molecule has 0 radical (unpaired) electrons. The van der Waals surface area contributed by atoms with Gasteiger partial charge in [-0.1, -0.05) is 54.6 Å². The summed E-state index contributed by atoms with van der Waals surface area (Å²) >= 11 is 0. The van der Waals surface area contributed by atoms with Crippen molar-refractivity contribution >= 4 is 5.69 Å². The molecule has 0 atom stereocenters. The lowest BCUT2D eigenvalue weighted by Crippen LogP contribution is -1.93. The molecule has 84 valence electrons. The molecule has 0 heterocycles. The maximum absolute atomic E-state index is 3.16. The van der Waals surface area contributed by atoms with Crippen molar-refractivity contribution in [1.29, 1.82) is 0 Å². The van der Waals surface area contributed by atoms with Crippen LogP contribution in [0.25, 0.3) is 0 Å². The maximum atomic E-state index is 3.16. The van der Waals surface area contributed by atoms with Gasteiger partial charge in [0.25, 0.3) is 0 Å². The Labute approximate surface area is 98.1 Å². The fraction of sp³-hybridized carbons (Fsp3) is 0.200. The molecule has 2 aromatic rings. The molecule has 0 aliphatic heterocycles. The van der Waals surface area contributed by atoms with Gasteiger partial charge in [0.1, 0.15) is 0 Å². The lowest BCUT2D eigenvalue weighted by atomic mass is 10.1. The lowest BCUT2D eigenvalue weighted by Gasteiger charge is -2.07. The molecule has 16 heavy (non-hydrogen) atoms. The molecule has 2 rings (SSSR count). The highest BCUT2D eigenvalue weighted by molar-refractivity contribution is 5.55. The van der Waals surface area contributed by atoms with Crippen LogP contribution in [0.5, 0.6) is 0 Å². The van der Waals surface area contributed by atoms with Gasteiger partial charge in [-0.3, -0.25) is 0 Å². The van der Waals surface area contributed by atoms with E-state index in [2.05, 4.69) is 37.4 Å². The van der Waals surface area contributed by atoms with Crippen LogP contribution in [0, 0.1) is 13.8 Å². The summed E-state index contributed by atoms with van der Waals surface area (Å²) in [4.78, 5) is 0. The SMILES string of the molecule is CNc1c(C)cccc1C.c1ccccc1. The molecule has 0 fully saturated rings. The van der Waals surface area contributed by atoms with E-state index >= 15 is 0 Å². The van der Waals surface area contributed by atoms with Crippen molar-refractivity contribution in [1.82, 2.24) is 0 Å². The molecule has 0 aromatic heterocycles. The van der Waals surface area contributed by atoms with Gasteiger partial charge in [0.2, 0.25) is 0 Å². The Morgan fingerprint density at radius 3 is 1.31 bits per heavy atom. The largest absolute Gasteiger partial charge is 0.388 e. The zero-order chi connectivity index (χ0) is 11.8. The summed E-state index contributed by atoms with van der Waals surface area (Å²) in [6.07, 6.45) is 0. The van der Waals surface area contributed by atoms with Gasteiger partial charge in [-0.2, -0.15) is 0 Å². The van der Waals surface area contributed by atoms with E-state index in [-0.39, 0.29) is 0 Å². The van der Waals surface area contributed by atoms with Crippen molar-refractivity contribution in [2.75, 3.05) is 12.4 Å². The zero-order valence-electron chi connectivity index (χ0n) is 10.2. The molecular weight excluding hydrogens is 194 g/mol. The summed E-state index contributed by atoms with van der Waals surface area (Å²) in [6.45, 7) is 4.22. The van der Waals surface area contributed by atoms with Gasteiger partial charge < -0.3 is 5.32 Å². The van der Waals surface area contributed by atoms with Crippen molar-refractivity contribution in [3.8, 4) is 0 Å². The molecule has 0 saturated carbocycles. The summed E-state index contributed by atoms with van der Waals surface area (Å²) in [7, 11) is 1.95. The van der Waals surface area contributed by atoms with Crippen LogP contribution < -0.4 is 5.32 Å². The number of nitrogens with one attached hydrogen (secondary N) is 1. The second-order valence-electron chi connectivity index (χ2n) is 3.67. The Morgan fingerprint density at radius 1 is 0.688 bits per heavy atom. The highest BCUT2D eigenvalue weighted by Gasteiger charge is 1.96. The topological polar surface area (TPSA) is 12.0 Å². The number of anilines is 1. The van der Waals surface area contributed by atoms with E-state index in [1.165, 1.54) is 16.8 Å². The Bertz CT molecular complexity index is 360. The minimum absolute atomic E-state index is 1.25. The molecule has 1 nitrogen and oxygen atoms in total. The Kier molecular flexibility index (Phi) is 5.13. The molecule has 2 aromatic carbocycles. The Morgan fingerprint density at radius 2 is 1.06 bits per heavy atom. The number of hydrogen-bond donors (Lipinski definition) is 1. The summed E-state index contributed by atoms with van der Waals surface area (Å²) in [5, 5.41) is 3.16. The van der Waals surface area contributed by atoms with E-state index in [1.54, 1.807) is 0 Å². The molecule has 0 bridgehead atoms. The van der Waals surface area contributed by atoms with Crippen molar-refractivity contribution in [3.63, 3.8) is 0 Å². The van der Waals surface area contributed by atoms with Crippen LogP contribution in [-0.4, -0.2) is 7.05 Å². The molecule has 0 spiro atoms. The van der Waals surface area contributed by atoms with Crippen LogP contribution in [0.15, 0.2) is 54.6 Å². The normalized spacial score (nSPS) is 8.94. The first-order valence-corrected chi connectivity index (χ1v) is 5.49. The minimum atomic E-state index is 1.25. The van der Waals surface area contributed by atoms with Gasteiger partial charge in [-0.15, -0.1) is 0 Å². The monoisotopic (exact) mass is 213 g/mol. The fourth-order valence-electron chi connectivity index (χ4n) is 1.59. The van der Waals surface area contributed by atoms with Gasteiger partial charge in [0.15, 0.2) is 0 Å². The average molecular weight is 213 g/mol. The highest BCUT2D eigenvalue weighted by atomic mass is 14.8. The van der Waals surface area contributed by atoms with Crippen LogP contribution in [0.4, 0.5) is 5.69 Å². The van der Waals surface area contributed by atoms with E-state index in [0.717, 1.165) is 0 Å². The Balaban J connectivity index is 0.000000181. The molecule has 0 saturated heterocycles. The minimum Gasteiger partial charge on any atom is -0.388 e. The van der Waals surface area contributed by atoms with Crippen LogP contribution >= 0.6 is 0 Å². The molecular formula is C15H19N. The maximum Gasteiger partial charge on any atom is 0.0396 e. The number of benzene rings is 2. The molecule has 1 heteroatoms. The zero-order valence-corrected chi connectivity index (χ0v) is 10.2.